The topological polar surface area (TPSA) is 57.3 Å². The summed E-state index contributed by atoms with van der Waals surface area (Å²) in [5, 5.41) is 14.6. The number of nitrogens with one attached hydrogen (secondary N) is 2. The van der Waals surface area contributed by atoms with Gasteiger partial charge in [0, 0.05) is 23.6 Å². The van der Waals surface area contributed by atoms with Gasteiger partial charge in [-0.1, -0.05) is 35.9 Å². The van der Waals surface area contributed by atoms with E-state index in [1.807, 2.05) is 37.3 Å². The van der Waals surface area contributed by atoms with Crippen molar-refractivity contribution in [3.63, 3.8) is 0 Å². The fourth-order valence-corrected chi connectivity index (χ4v) is 2.72. The van der Waals surface area contributed by atoms with Gasteiger partial charge in [0.1, 0.15) is 18.5 Å². The van der Waals surface area contributed by atoms with E-state index < -0.39 is 6.10 Å². The van der Waals surface area contributed by atoms with Gasteiger partial charge in [0.05, 0.1) is 0 Å². The Balaban J connectivity index is 1.37. The van der Waals surface area contributed by atoms with Gasteiger partial charge < -0.3 is 20.1 Å². The quantitative estimate of drug-likeness (QED) is 0.558. The first-order valence-electron chi connectivity index (χ1n) is 8.35. The molecular weight excluding hydrogens is 300 g/mol. The summed E-state index contributed by atoms with van der Waals surface area (Å²) < 4.78 is 5.59. The van der Waals surface area contributed by atoms with Crippen LogP contribution in [0.4, 0.5) is 0 Å². The first-order chi connectivity index (χ1) is 11.7. The van der Waals surface area contributed by atoms with E-state index in [1.54, 1.807) is 0 Å². The molecule has 24 heavy (non-hydrogen) atoms. The van der Waals surface area contributed by atoms with Gasteiger partial charge in [0.25, 0.3) is 0 Å². The average molecular weight is 324 g/mol. The van der Waals surface area contributed by atoms with E-state index in [0.717, 1.165) is 18.7 Å². The van der Waals surface area contributed by atoms with Crippen LogP contribution < -0.4 is 10.1 Å². The number of aliphatic hydroxyl groups is 1. The second kappa shape index (κ2) is 7.99. The van der Waals surface area contributed by atoms with Gasteiger partial charge >= 0.3 is 0 Å². The molecule has 126 valence electrons. The largest absolute Gasteiger partial charge is 0.491 e. The molecule has 0 unspecified atom stereocenters. The standard InChI is InChI=1S/C20H24N2O2/c1-15-6-8-18(9-7-15)24-14-17(23)13-21-11-10-16-12-22-20-5-3-2-4-19(16)20/h2-9,12,17,21-23H,10-11,13-14H2,1H3/t17-/m1/s1. The zero-order valence-electron chi connectivity index (χ0n) is 14.0. The van der Waals surface area contributed by atoms with Crippen LogP contribution in [0.1, 0.15) is 11.1 Å². The van der Waals surface area contributed by atoms with E-state index in [9.17, 15) is 5.11 Å². The molecule has 3 rings (SSSR count). The number of aliphatic hydroxyl groups excluding tert-OH is 1. The highest BCUT2D eigenvalue weighted by atomic mass is 16.5. The van der Waals surface area contributed by atoms with Crippen LogP contribution in [0.15, 0.2) is 54.7 Å². The summed E-state index contributed by atoms with van der Waals surface area (Å²) in [6.45, 7) is 3.68. The predicted molar refractivity (Wildman–Crippen MR) is 97.6 cm³/mol. The Morgan fingerprint density at radius 1 is 1.12 bits per heavy atom. The number of aromatic nitrogens is 1. The molecular formula is C20H24N2O2. The van der Waals surface area contributed by atoms with Gasteiger partial charge in [-0.15, -0.1) is 0 Å². The summed E-state index contributed by atoms with van der Waals surface area (Å²) in [6, 6.07) is 16.1. The summed E-state index contributed by atoms with van der Waals surface area (Å²) in [5.41, 5.74) is 3.66. The van der Waals surface area contributed by atoms with Crippen LogP contribution in [0.25, 0.3) is 10.9 Å². The molecule has 0 saturated heterocycles. The van der Waals surface area contributed by atoms with Crippen molar-refractivity contribution in [3.05, 3.63) is 65.9 Å². The van der Waals surface area contributed by atoms with Crippen molar-refractivity contribution in [2.75, 3.05) is 19.7 Å². The smallest absolute Gasteiger partial charge is 0.119 e. The van der Waals surface area contributed by atoms with E-state index in [-0.39, 0.29) is 0 Å². The number of aromatic amines is 1. The van der Waals surface area contributed by atoms with Crippen molar-refractivity contribution in [2.24, 2.45) is 0 Å². The molecule has 0 aliphatic carbocycles. The molecule has 0 bridgehead atoms. The first kappa shape index (κ1) is 16.6. The van der Waals surface area contributed by atoms with E-state index in [2.05, 4.69) is 34.7 Å². The lowest BCUT2D eigenvalue weighted by atomic mass is 10.1. The van der Waals surface area contributed by atoms with E-state index in [0.29, 0.717) is 13.2 Å². The number of benzene rings is 2. The van der Waals surface area contributed by atoms with Gasteiger partial charge in [-0.3, -0.25) is 0 Å². The highest BCUT2D eigenvalue weighted by molar-refractivity contribution is 5.83. The normalized spacial score (nSPS) is 12.4. The Morgan fingerprint density at radius 2 is 1.92 bits per heavy atom. The van der Waals surface area contributed by atoms with Gasteiger partial charge in [-0.2, -0.15) is 0 Å². The van der Waals surface area contributed by atoms with Crippen molar-refractivity contribution in [3.8, 4) is 5.75 Å². The lowest BCUT2D eigenvalue weighted by Crippen LogP contribution is -2.32. The Morgan fingerprint density at radius 3 is 2.75 bits per heavy atom. The van der Waals surface area contributed by atoms with Crippen LogP contribution in [0.2, 0.25) is 0 Å². The first-order valence-corrected chi connectivity index (χ1v) is 8.35. The molecule has 1 aromatic heterocycles. The Bertz CT molecular complexity index is 765. The molecule has 0 amide bonds. The van der Waals surface area contributed by atoms with Gasteiger partial charge in [-0.05, 0) is 43.7 Å². The predicted octanol–water partition coefficient (Wildman–Crippen LogP) is 3.05. The van der Waals surface area contributed by atoms with Crippen LogP contribution in [0.3, 0.4) is 0 Å². The number of aryl methyl sites for hydroxylation is 1. The summed E-state index contributed by atoms with van der Waals surface area (Å²) in [4.78, 5) is 3.28. The molecule has 1 heterocycles. The second-order valence-corrected chi connectivity index (χ2v) is 6.09. The van der Waals surface area contributed by atoms with Gasteiger partial charge in [0.2, 0.25) is 0 Å². The Labute approximate surface area is 142 Å². The minimum Gasteiger partial charge on any atom is -0.491 e. The zero-order valence-corrected chi connectivity index (χ0v) is 14.0. The number of fused-ring (bicyclic) bond motifs is 1. The lowest BCUT2D eigenvalue weighted by molar-refractivity contribution is 0.106. The molecule has 4 heteroatoms. The number of hydrogen-bond acceptors (Lipinski definition) is 3. The van der Waals surface area contributed by atoms with Crippen LogP contribution in [-0.4, -0.2) is 35.9 Å². The van der Waals surface area contributed by atoms with Crippen LogP contribution in [0, 0.1) is 6.92 Å². The molecule has 0 radical (unpaired) electrons. The third kappa shape index (κ3) is 4.37. The zero-order chi connectivity index (χ0) is 16.8. The highest BCUT2D eigenvalue weighted by Gasteiger charge is 2.06. The molecule has 0 spiro atoms. The minimum atomic E-state index is -0.519. The summed E-state index contributed by atoms with van der Waals surface area (Å²) in [7, 11) is 0. The number of H-pyrrole nitrogens is 1. The molecule has 2 aromatic carbocycles. The SMILES string of the molecule is Cc1ccc(OC[C@H](O)CNCCc2c[nH]c3ccccc23)cc1. The number of para-hydroxylation sites is 1. The maximum Gasteiger partial charge on any atom is 0.119 e. The maximum atomic E-state index is 10.0. The maximum absolute atomic E-state index is 10.0. The summed E-state index contributed by atoms with van der Waals surface area (Å²) >= 11 is 0. The third-order valence-corrected chi connectivity index (χ3v) is 4.09. The fourth-order valence-electron chi connectivity index (χ4n) is 2.72. The summed E-state index contributed by atoms with van der Waals surface area (Å²) in [6.07, 6.45) is 2.47. The Hall–Kier alpha value is -2.30. The lowest BCUT2D eigenvalue weighted by Gasteiger charge is -2.13. The van der Waals surface area contributed by atoms with Crippen molar-refractivity contribution in [2.45, 2.75) is 19.4 Å². The second-order valence-electron chi connectivity index (χ2n) is 6.09. The molecule has 0 aliphatic rings. The minimum absolute atomic E-state index is 0.295. The van der Waals surface area contributed by atoms with Crippen molar-refractivity contribution in [1.29, 1.82) is 0 Å². The van der Waals surface area contributed by atoms with Crippen LogP contribution in [-0.2, 0) is 6.42 Å². The van der Waals surface area contributed by atoms with Crippen molar-refractivity contribution >= 4 is 10.9 Å². The van der Waals surface area contributed by atoms with Crippen LogP contribution in [0.5, 0.6) is 5.75 Å². The Kier molecular flexibility index (Phi) is 5.51. The molecule has 0 saturated carbocycles. The number of ether oxygens (including phenoxy) is 1. The van der Waals surface area contributed by atoms with Crippen molar-refractivity contribution < 1.29 is 9.84 Å². The molecule has 4 nitrogen and oxygen atoms in total. The van der Waals surface area contributed by atoms with E-state index in [1.165, 1.54) is 22.0 Å². The molecule has 0 aliphatic heterocycles. The van der Waals surface area contributed by atoms with E-state index >= 15 is 0 Å². The molecule has 0 fully saturated rings. The van der Waals surface area contributed by atoms with Crippen LogP contribution >= 0.6 is 0 Å². The molecule has 1 atom stereocenters. The molecule has 3 aromatic rings. The van der Waals surface area contributed by atoms with Crippen molar-refractivity contribution in [1.82, 2.24) is 10.3 Å². The third-order valence-electron chi connectivity index (χ3n) is 4.09. The van der Waals surface area contributed by atoms with Gasteiger partial charge in [0.15, 0.2) is 0 Å². The monoisotopic (exact) mass is 324 g/mol. The average Bonchev–Trinajstić information content (AvgIpc) is 3.01. The van der Waals surface area contributed by atoms with Gasteiger partial charge in [-0.25, -0.2) is 0 Å². The number of rotatable bonds is 8. The molecule has 3 N–H and O–H groups in total. The van der Waals surface area contributed by atoms with E-state index in [4.69, 9.17) is 4.74 Å². The summed E-state index contributed by atoms with van der Waals surface area (Å²) in [5.74, 6) is 0.790. The fraction of sp³-hybridized carbons (Fsp3) is 0.300. The highest BCUT2D eigenvalue weighted by Crippen LogP contribution is 2.17. The number of hydrogen-bond donors (Lipinski definition) is 3.